The zero-order chi connectivity index (χ0) is 19.6. The lowest BCUT2D eigenvalue weighted by Gasteiger charge is -2.38. The molecule has 1 heterocycles. The third-order valence-electron chi connectivity index (χ3n) is 5.38. The van der Waals surface area contributed by atoms with Crippen LogP contribution in [0.5, 0.6) is 0 Å². The largest absolute Gasteiger partial charge is 0.455 e. The van der Waals surface area contributed by atoms with Crippen molar-refractivity contribution in [1.29, 1.82) is 0 Å². The molecule has 2 rings (SSSR count). The van der Waals surface area contributed by atoms with E-state index in [4.69, 9.17) is 9.47 Å². The maximum Gasteiger partial charge on any atom is 0.334 e. The number of ketones is 1. The lowest BCUT2D eigenvalue weighted by Crippen LogP contribution is -2.52. The third-order valence-corrected chi connectivity index (χ3v) is 5.38. The Balaban J connectivity index is 2.36. The molecule has 0 aromatic carbocycles. The van der Waals surface area contributed by atoms with Gasteiger partial charge in [0.25, 0.3) is 0 Å². The fourth-order valence-electron chi connectivity index (χ4n) is 3.70. The normalized spacial score (nSPS) is 35.8. The molecule has 5 atom stereocenters. The average molecular weight is 366 g/mol. The van der Waals surface area contributed by atoms with Crippen LogP contribution in [0.25, 0.3) is 0 Å². The van der Waals surface area contributed by atoms with Gasteiger partial charge in [-0.05, 0) is 32.1 Å². The van der Waals surface area contributed by atoms with E-state index in [0.717, 1.165) is 0 Å². The summed E-state index contributed by atoms with van der Waals surface area (Å²) in [5, 5.41) is 11.0. The number of Topliss-reactive ketones (excluding diaryl/α,β-unsaturated/α-hetero) is 1. The van der Waals surface area contributed by atoms with Crippen LogP contribution in [0.1, 0.15) is 59.8 Å². The van der Waals surface area contributed by atoms with E-state index in [1.807, 2.05) is 20.8 Å². The first-order valence-corrected chi connectivity index (χ1v) is 9.37. The molecule has 2 aliphatic rings. The van der Waals surface area contributed by atoms with E-state index < -0.39 is 35.7 Å². The highest BCUT2D eigenvalue weighted by atomic mass is 16.6. The number of carbonyl (C=O) groups is 3. The van der Waals surface area contributed by atoms with Crippen LogP contribution >= 0.6 is 0 Å². The van der Waals surface area contributed by atoms with Gasteiger partial charge in [0, 0.05) is 30.3 Å². The molecule has 1 aliphatic carbocycles. The van der Waals surface area contributed by atoms with Gasteiger partial charge in [-0.3, -0.25) is 9.59 Å². The van der Waals surface area contributed by atoms with Crippen molar-refractivity contribution in [1.82, 2.24) is 0 Å². The Morgan fingerprint density at radius 3 is 2.69 bits per heavy atom. The predicted octanol–water partition coefficient (Wildman–Crippen LogP) is 2.57. The Morgan fingerprint density at radius 2 is 2.08 bits per heavy atom. The molecule has 6 heteroatoms. The maximum absolute atomic E-state index is 12.5. The average Bonchev–Trinajstić information content (AvgIpc) is 2.78. The van der Waals surface area contributed by atoms with Gasteiger partial charge < -0.3 is 14.6 Å². The summed E-state index contributed by atoms with van der Waals surface area (Å²) in [6.45, 7) is 11.0. The van der Waals surface area contributed by atoms with Crippen LogP contribution in [0.2, 0.25) is 0 Å². The monoisotopic (exact) mass is 366 g/mol. The van der Waals surface area contributed by atoms with Gasteiger partial charge in [-0.1, -0.05) is 27.4 Å². The van der Waals surface area contributed by atoms with Crippen molar-refractivity contribution < 1.29 is 29.0 Å². The second kappa shape index (κ2) is 7.91. The molecular formula is C20H30O6. The molecule has 6 nitrogen and oxygen atoms in total. The van der Waals surface area contributed by atoms with Crippen LogP contribution in [0, 0.1) is 17.8 Å². The standard InChI is InChI=1S/C20H30O6/c1-11(2)9-16(22)25-18-17-14(13(4)19(23)26-17)10-15(21)12(3)7-6-8-20(18,5)24/h11-12,14,17-18,24H,4,6-10H2,1-3,5H3/t12-,14+,17+,18-,20+/m1/s1. The second-order valence-corrected chi connectivity index (χ2v) is 8.33. The summed E-state index contributed by atoms with van der Waals surface area (Å²) >= 11 is 0. The van der Waals surface area contributed by atoms with E-state index in [0.29, 0.717) is 19.3 Å². The number of hydrogen-bond acceptors (Lipinski definition) is 6. The SMILES string of the molecule is C=C1C(=O)O[C@@H]2[C@@H](OC(=O)CC(C)C)[C@@](C)(O)CCC[C@@H](C)C(=O)C[C@@H]12. The van der Waals surface area contributed by atoms with E-state index >= 15 is 0 Å². The van der Waals surface area contributed by atoms with E-state index in [2.05, 4.69) is 6.58 Å². The smallest absolute Gasteiger partial charge is 0.334 e. The molecular weight excluding hydrogens is 336 g/mol. The van der Waals surface area contributed by atoms with Gasteiger partial charge in [0.1, 0.15) is 17.5 Å². The van der Waals surface area contributed by atoms with Gasteiger partial charge in [-0.15, -0.1) is 0 Å². The fraction of sp³-hybridized carbons (Fsp3) is 0.750. The van der Waals surface area contributed by atoms with Gasteiger partial charge in [-0.25, -0.2) is 4.79 Å². The fourth-order valence-corrected chi connectivity index (χ4v) is 3.70. The highest BCUT2D eigenvalue weighted by molar-refractivity contribution is 5.93. The van der Waals surface area contributed by atoms with Crippen LogP contribution in [0.4, 0.5) is 0 Å². The maximum atomic E-state index is 12.5. The molecule has 1 saturated heterocycles. The van der Waals surface area contributed by atoms with Gasteiger partial charge in [0.15, 0.2) is 6.10 Å². The molecule has 0 radical (unpaired) electrons. The minimum absolute atomic E-state index is 0.0354. The molecule has 0 spiro atoms. The summed E-state index contributed by atoms with van der Waals surface area (Å²) < 4.78 is 11.0. The van der Waals surface area contributed by atoms with E-state index in [1.54, 1.807) is 6.92 Å². The van der Waals surface area contributed by atoms with Crippen molar-refractivity contribution in [2.75, 3.05) is 0 Å². The zero-order valence-corrected chi connectivity index (χ0v) is 16.1. The molecule has 0 aromatic rings. The molecule has 0 amide bonds. The number of carbonyl (C=O) groups excluding carboxylic acids is 3. The summed E-state index contributed by atoms with van der Waals surface area (Å²) in [4.78, 5) is 36.8. The van der Waals surface area contributed by atoms with Gasteiger partial charge in [0.2, 0.25) is 0 Å². The number of rotatable bonds is 3. The zero-order valence-electron chi connectivity index (χ0n) is 16.1. The number of hydrogen-bond donors (Lipinski definition) is 1. The molecule has 0 aromatic heterocycles. The van der Waals surface area contributed by atoms with Gasteiger partial charge >= 0.3 is 11.9 Å². The highest BCUT2D eigenvalue weighted by Gasteiger charge is 2.52. The number of ether oxygens (including phenoxy) is 2. The first kappa shape index (κ1) is 20.6. The summed E-state index contributed by atoms with van der Waals surface area (Å²) in [5.41, 5.74) is -1.16. The quantitative estimate of drug-likeness (QED) is 0.610. The van der Waals surface area contributed by atoms with Crippen LogP contribution < -0.4 is 0 Å². The minimum atomic E-state index is -1.36. The summed E-state index contributed by atoms with van der Waals surface area (Å²) in [7, 11) is 0. The van der Waals surface area contributed by atoms with Crippen molar-refractivity contribution in [3.63, 3.8) is 0 Å². The van der Waals surface area contributed by atoms with Crippen molar-refractivity contribution in [3.05, 3.63) is 12.2 Å². The minimum Gasteiger partial charge on any atom is -0.455 e. The van der Waals surface area contributed by atoms with Crippen molar-refractivity contribution in [2.24, 2.45) is 17.8 Å². The Bertz CT molecular complexity index is 591. The van der Waals surface area contributed by atoms with Crippen LogP contribution in [0.3, 0.4) is 0 Å². The molecule has 1 N–H and O–H groups in total. The molecule has 26 heavy (non-hydrogen) atoms. The van der Waals surface area contributed by atoms with E-state index in [1.165, 1.54) is 0 Å². The Labute approximate surface area is 154 Å². The van der Waals surface area contributed by atoms with Crippen LogP contribution in [-0.2, 0) is 23.9 Å². The molecule has 0 unspecified atom stereocenters. The van der Waals surface area contributed by atoms with E-state index in [-0.39, 0.29) is 36.0 Å². The summed E-state index contributed by atoms with van der Waals surface area (Å²) in [6.07, 6.45) is -0.0135. The summed E-state index contributed by atoms with van der Waals surface area (Å²) in [6, 6.07) is 0. The Kier molecular flexibility index (Phi) is 6.27. The van der Waals surface area contributed by atoms with Crippen molar-refractivity contribution in [3.8, 4) is 0 Å². The lowest BCUT2D eigenvalue weighted by molar-refractivity contribution is -0.188. The molecule has 1 aliphatic heterocycles. The topological polar surface area (TPSA) is 89.9 Å². The molecule has 1 saturated carbocycles. The summed E-state index contributed by atoms with van der Waals surface area (Å²) in [5.74, 6) is -1.65. The van der Waals surface area contributed by atoms with Crippen LogP contribution in [0.15, 0.2) is 12.2 Å². The first-order valence-electron chi connectivity index (χ1n) is 9.37. The van der Waals surface area contributed by atoms with E-state index in [9.17, 15) is 19.5 Å². The third kappa shape index (κ3) is 4.53. The van der Waals surface area contributed by atoms with Crippen molar-refractivity contribution in [2.45, 2.75) is 77.6 Å². The number of esters is 2. The van der Waals surface area contributed by atoms with Crippen molar-refractivity contribution >= 4 is 17.7 Å². The Morgan fingerprint density at radius 1 is 1.42 bits per heavy atom. The number of aliphatic hydroxyl groups is 1. The highest BCUT2D eigenvalue weighted by Crippen LogP contribution is 2.39. The molecule has 0 bridgehead atoms. The molecule has 146 valence electrons. The second-order valence-electron chi connectivity index (χ2n) is 8.33. The Hall–Kier alpha value is -1.69. The molecule has 2 fully saturated rings. The van der Waals surface area contributed by atoms with Gasteiger partial charge in [0.05, 0.1) is 0 Å². The van der Waals surface area contributed by atoms with Gasteiger partial charge in [-0.2, -0.15) is 0 Å². The number of fused-ring (bicyclic) bond motifs is 1. The lowest BCUT2D eigenvalue weighted by atomic mass is 9.77. The van der Waals surface area contributed by atoms with Crippen LogP contribution in [-0.4, -0.2) is 40.6 Å². The predicted molar refractivity (Wildman–Crippen MR) is 95.1 cm³/mol. The first-order chi connectivity index (χ1) is 12.0.